The molecule has 0 radical (unpaired) electrons. The molecule has 2 aromatic rings. The molecular formula is C11H14ClN3O3S2. The molecule has 0 atom stereocenters. The van der Waals surface area contributed by atoms with Crippen LogP contribution in [0.2, 0.25) is 0 Å². The van der Waals surface area contributed by atoms with Crippen LogP contribution in [0.5, 0.6) is 0 Å². The predicted octanol–water partition coefficient (Wildman–Crippen LogP) is 2.20. The second-order valence-corrected chi connectivity index (χ2v) is 7.95. The zero-order valence-electron chi connectivity index (χ0n) is 11.3. The van der Waals surface area contributed by atoms with E-state index in [2.05, 4.69) is 10.2 Å². The SMILES string of the molecule is COCCn1c(-c2cc(C)c(C)s2)nnc1S(=O)(=O)Cl. The molecule has 0 bridgehead atoms. The van der Waals surface area contributed by atoms with Crippen LogP contribution in [0, 0.1) is 13.8 Å². The summed E-state index contributed by atoms with van der Waals surface area (Å²) in [6, 6.07) is 1.96. The number of ether oxygens (including phenoxy) is 1. The number of methoxy groups -OCH3 is 1. The summed E-state index contributed by atoms with van der Waals surface area (Å²) in [7, 11) is 2.99. The van der Waals surface area contributed by atoms with Crippen LogP contribution in [0.15, 0.2) is 11.2 Å². The molecule has 2 rings (SSSR count). The Morgan fingerprint density at radius 3 is 2.60 bits per heavy atom. The van der Waals surface area contributed by atoms with Gasteiger partial charge in [-0.25, -0.2) is 8.42 Å². The van der Waals surface area contributed by atoms with Crippen molar-refractivity contribution in [1.82, 2.24) is 14.8 Å². The van der Waals surface area contributed by atoms with E-state index in [9.17, 15) is 8.42 Å². The summed E-state index contributed by atoms with van der Waals surface area (Å²) in [6.07, 6.45) is 0. The monoisotopic (exact) mass is 335 g/mol. The van der Waals surface area contributed by atoms with Gasteiger partial charge in [0.2, 0.25) is 0 Å². The molecule has 0 aliphatic carbocycles. The van der Waals surface area contributed by atoms with Crippen molar-refractivity contribution in [2.45, 2.75) is 25.5 Å². The van der Waals surface area contributed by atoms with E-state index in [1.54, 1.807) is 7.11 Å². The molecule has 20 heavy (non-hydrogen) atoms. The van der Waals surface area contributed by atoms with Crippen molar-refractivity contribution in [3.63, 3.8) is 0 Å². The van der Waals surface area contributed by atoms with Gasteiger partial charge in [-0.1, -0.05) is 0 Å². The lowest BCUT2D eigenvalue weighted by Crippen LogP contribution is -2.11. The molecule has 110 valence electrons. The number of aryl methyl sites for hydroxylation is 2. The summed E-state index contributed by atoms with van der Waals surface area (Å²) in [5, 5.41) is 7.41. The van der Waals surface area contributed by atoms with Crippen LogP contribution in [0.1, 0.15) is 10.4 Å². The Balaban J connectivity index is 2.55. The molecule has 0 saturated heterocycles. The van der Waals surface area contributed by atoms with Crippen LogP contribution >= 0.6 is 22.0 Å². The largest absolute Gasteiger partial charge is 0.383 e. The van der Waals surface area contributed by atoms with Crippen molar-refractivity contribution in [2.75, 3.05) is 13.7 Å². The normalized spacial score (nSPS) is 12.0. The third-order valence-corrected chi connectivity index (χ3v) is 5.14. The lowest BCUT2D eigenvalue weighted by atomic mass is 10.3. The van der Waals surface area contributed by atoms with Crippen LogP contribution in [0.25, 0.3) is 10.7 Å². The first kappa shape index (κ1) is 15.4. The molecule has 9 heteroatoms. The first-order chi connectivity index (χ1) is 9.34. The molecule has 0 spiro atoms. The van der Waals surface area contributed by atoms with E-state index in [0.717, 1.165) is 15.3 Å². The third kappa shape index (κ3) is 3.03. The molecule has 0 N–H and O–H groups in total. The fourth-order valence-corrected chi connectivity index (χ4v) is 3.67. The van der Waals surface area contributed by atoms with Gasteiger partial charge in [-0.3, -0.25) is 4.57 Å². The maximum absolute atomic E-state index is 11.5. The standard InChI is InChI=1S/C11H14ClN3O3S2/c1-7-6-9(19-8(7)2)10-13-14-11(20(12,16)17)15(10)4-5-18-3/h6H,4-5H2,1-3H3. The van der Waals surface area contributed by atoms with Crippen LogP contribution < -0.4 is 0 Å². The van der Waals surface area contributed by atoms with E-state index in [-0.39, 0.29) is 5.16 Å². The van der Waals surface area contributed by atoms with E-state index < -0.39 is 9.05 Å². The van der Waals surface area contributed by atoms with Crippen LogP contribution in [-0.4, -0.2) is 36.9 Å². The minimum absolute atomic E-state index is 0.255. The summed E-state index contributed by atoms with van der Waals surface area (Å²) in [4.78, 5) is 2.01. The van der Waals surface area contributed by atoms with Crippen LogP contribution in [-0.2, 0) is 20.3 Å². The molecule has 6 nitrogen and oxygen atoms in total. The molecule has 0 amide bonds. The van der Waals surface area contributed by atoms with Gasteiger partial charge in [-0.05, 0) is 25.5 Å². The smallest absolute Gasteiger partial charge is 0.296 e. The number of nitrogens with zero attached hydrogens (tertiary/aromatic N) is 3. The Morgan fingerprint density at radius 2 is 2.10 bits per heavy atom. The van der Waals surface area contributed by atoms with E-state index in [4.69, 9.17) is 15.4 Å². The minimum Gasteiger partial charge on any atom is -0.383 e. The van der Waals surface area contributed by atoms with E-state index in [0.29, 0.717) is 19.0 Å². The van der Waals surface area contributed by atoms with Gasteiger partial charge in [-0.2, -0.15) is 0 Å². The number of aromatic nitrogens is 3. The number of thiophene rings is 1. The maximum Gasteiger partial charge on any atom is 0.296 e. The van der Waals surface area contributed by atoms with Gasteiger partial charge in [0, 0.05) is 22.7 Å². The fourth-order valence-electron chi connectivity index (χ4n) is 1.72. The molecule has 0 aromatic carbocycles. The summed E-state index contributed by atoms with van der Waals surface area (Å²) >= 11 is 1.54. The van der Waals surface area contributed by atoms with Gasteiger partial charge < -0.3 is 4.74 Å². The highest BCUT2D eigenvalue weighted by atomic mass is 35.7. The van der Waals surface area contributed by atoms with Crippen molar-refractivity contribution in [1.29, 1.82) is 0 Å². The van der Waals surface area contributed by atoms with Crippen molar-refractivity contribution in [2.24, 2.45) is 0 Å². The number of halogens is 1. The molecular weight excluding hydrogens is 322 g/mol. The Kier molecular flexibility index (Phi) is 4.48. The fraction of sp³-hybridized carbons (Fsp3) is 0.455. The first-order valence-corrected chi connectivity index (χ1v) is 8.91. The Bertz CT molecular complexity index is 702. The van der Waals surface area contributed by atoms with Crippen molar-refractivity contribution in [3.8, 4) is 10.7 Å². The van der Waals surface area contributed by atoms with E-state index in [1.807, 2.05) is 19.9 Å². The average Bonchev–Trinajstić information content (AvgIpc) is 2.90. The molecule has 0 aliphatic heterocycles. The lowest BCUT2D eigenvalue weighted by molar-refractivity contribution is 0.185. The summed E-state index contributed by atoms with van der Waals surface area (Å²) in [6.45, 7) is 4.65. The molecule has 0 aliphatic rings. The predicted molar refractivity (Wildman–Crippen MR) is 77.7 cm³/mol. The molecule has 2 aromatic heterocycles. The lowest BCUT2D eigenvalue weighted by Gasteiger charge is -2.06. The highest BCUT2D eigenvalue weighted by Gasteiger charge is 2.24. The van der Waals surface area contributed by atoms with E-state index in [1.165, 1.54) is 15.9 Å². The number of hydrogen-bond acceptors (Lipinski definition) is 6. The number of rotatable bonds is 5. The van der Waals surface area contributed by atoms with Gasteiger partial charge >= 0.3 is 0 Å². The molecule has 0 fully saturated rings. The number of hydrogen-bond donors (Lipinski definition) is 0. The average molecular weight is 336 g/mol. The second-order valence-electron chi connectivity index (χ2n) is 4.24. The van der Waals surface area contributed by atoms with Crippen molar-refractivity contribution >= 4 is 31.1 Å². The van der Waals surface area contributed by atoms with Gasteiger partial charge in [-0.15, -0.1) is 21.5 Å². The summed E-state index contributed by atoms with van der Waals surface area (Å²) in [5.74, 6) is 0.488. The van der Waals surface area contributed by atoms with E-state index >= 15 is 0 Å². The zero-order chi connectivity index (χ0) is 14.9. The Morgan fingerprint density at radius 1 is 1.40 bits per heavy atom. The van der Waals surface area contributed by atoms with Gasteiger partial charge in [0.05, 0.1) is 18.0 Å². The van der Waals surface area contributed by atoms with Crippen LogP contribution in [0.4, 0.5) is 0 Å². The Hall–Kier alpha value is -0.960. The third-order valence-electron chi connectivity index (χ3n) is 2.84. The van der Waals surface area contributed by atoms with Crippen molar-refractivity contribution < 1.29 is 13.2 Å². The minimum atomic E-state index is -3.94. The molecule has 0 unspecified atom stereocenters. The Labute approximate surface area is 125 Å². The van der Waals surface area contributed by atoms with Crippen molar-refractivity contribution in [3.05, 3.63) is 16.5 Å². The second kappa shape index (κ2) is 5.80. The quantitative estimate of drug-likeness (QED) is 0.783. The first-order valence-electron chi connectivity index (χ1n) is 5.78. The molecule has 0 saturated carbocycles. The van der Waals surface area contributed by atoms with Gasteiger partial charge in [0.25, 0.3) is 14.2 Å². The summed E-state index contributed by atoms with van der Waals surface area (Å²) < 4.78 is 29.5. The maximum atomic E-state index is 11.5. The topological polar surface area (TPSA) is 74.1 Å². The summed E-state index contributed by atoms with van der Waals surface area (Å²) in [5.41, 5.74) is 1.13. The zero-order valence-corrected chi connectivity index (χ0v) is 13.6. The highest BCUT2D eigenvalue weighted by Crippen LogP contribution is 2.31. The molecule has 2 heterocycles. The van der Waals surface area contributed by atoms with Crippen LogP contribution in [0.3, 0.4) is 0 Å². The van der Waals surface area contributed by atoms with Gasteiger partial charge in [0.15, 0.2) is 5.82 Å². The van der Waals surface area contributed by atoms with Gasteiger partial charge in [0.1, 0.15) is 0 Å². The highest BCUT2D eigenvalue weighted by molar-refractivity contribution is 8.13.